The van der Waals surface area contributed by atoms with Crippen LogP contribution in [-0.4, -0.2) is 20.8 Å². The second-order valence-corrected chi connectivity index (χ2v) is 7.59. The molecule has 1 aromatic heterocycles. The molecule has 32 heavy (non-hydrogen) atoms. The van der Waals surface area contributed by atoms with Crippen molar-refractivity contribution in [2.75, 3.05) is 5.32 Å². The number of nitrogens with one attached hydrogen (secondary N) is 2. The number of nitrogens with zero attached hydrogens (tertiary/aromatic N) is 2. The van der Waals surface area contributed by atoms with E-state index < -0.39 is 10.8 Å². The molecule has 0 spiro atoms. The number of carbonyl (C=O) groups is 1. The summed E-state index contributed by atoms with van der Waals surface area (Å²) in [5.41, 5.74) is 4.14. The van der Waals surface area contributed by atoms with Gasteiger partial charge in [-0.15, -0.1) is 0 Å². The number of benzene rings is 4. The summed E-state index contributed by atoms with van der Waals surface area (Å²) in [7, 11) is 0. The number of hydrogen-bond donors (Lipinski definition) is 2. The number of amides is 1. The number of hydrogen-bond acceptors (Lipinski definition) is 4. The van der Waals surface area contributed by atoms with Crippen LogP contribution in [0.1, 0.15) is 15.9 Å². The summed E-state index contributed by atoms with van der Waals surface area (Å²) in [6, 6.07) is 23.8. The van der Waals surface area contributed by atoms with Crippen molar-refractivity contribution in [1.29, 1.82) is 0 Å². The van der Waals surface area contributed by atoms with Gasteiger partial charge < -0.3 is 10.3 Å². The van der Waals surface area contributed by atoms with E-state index in [0.717, 1.165) is 33.2 Å². The fourth-order valence-corrected chi connectivity index (χ4v) is 3.71. The third kappa shape index (κ3) is 3.56. The molecule has 1 amide bonds. The van der Waals surface area contributed by atoms with Gasteiger partial charge in [0, 0.05) is 28.9 Å². The molecule has 0 saturated heterocycles. The van der Waals surface area contributed by atoms with Crippen molar-refractivity contribution in [3.63, 3.8) is 0 Å². The van der Waals surface area contributed by atoms with Crippen LogP contribution >= 0.6 is 0 Å². The van der Waals surface area contributed by atoms with Crippen molar-refractivity contribution >= 4 is 39.1 Å². The Kier molecular flexibility index (Phi) is 4.63. The Morgan fingerprint density at radius 1 is 0.969 bits per heavy atom. The van der Waals surface area contributed by atoms with E-state index in [0.29, 0.717) is 11.3 Å². The molecule has 0 radical (unpaired) electrons. The van der Waals surface area contributed by atoms with Gasteiger partial charge in [-0.2, -0.15) is 0 Å². The first kappa shape index (κ1) is 19.4. The topological polar surface area (TPSA) is 101 Å². The van der Waals surface area contributed by atoms with Crippen molar-refractivity contribution in [1.82, 2.24) is 9.97 Å². The molecular weight excluding hydrogens is 404 g/mol. The molecule has 156 valence electrons. The third-order valence-electron chi connectivity index (χ3n) is 5.44. The van der Waals surface area contributed by atoms with E-state index in [1.165, 1.54) is 12.1 Å². The molecule has 0 atom stereocenters. The van der Waals surface area contributed by atoms with Crippen molar-refractivity contribution < 1.29 is 9.72 Å². The molecule has 0 fully saturated rings. The lowest BCUT2D eigenvalue weighted by molar-refractivity contribution is -0.384. The maximum atomic E-state index is 12.6. The number of nitro groups is 1. The fourth-order valence-electron chi connectivity index (χ4n) is 3.71. The number of non-ortho nitro benzene ring substituents is 1. The highest BCUT2D eigenvalue weighted by molar-refractivity contribution is 6.05. The van der Waals surface area contributed by atoms with Crippen LogP contribution in [-0.2, 0) is 0 Å². The predicted molar refractivity (Wildman–Crippen MR) is 125 cm³/mol. The van der Waals surface area contributed by atoms with Crippen LogP contribution in [0.25, 0.3) is 33.2 Å². The van der Waals surface area contributed by atoms with E-state index in [1.54, 1.807) is 25.1 Å². The van der Waals surface area contributed by atoms with E-state index in [1.807, 2.05) is 24.3 Å². The molecular formula is C25H18N4O3. The number of aryl methyl sites for hydroxylation is 1. The maximum Gasteiger partial charge on any atom is 0.270 e. The van der Waals surface area contributed by atoms with Gasteiger partial charge in [0.15, 0.2) is 0 Å². The minimum absolute atomic E-state index is 0.117. The number of aromatic amines is 1. The standard InChI is InChI=1S/C25H18N4O3/c1-15-6-11-20(29(31)32)14-21(15)25(30)26-19-9-7-16(8-10-19)24-27-22-12-17-4-2-3-5-18(17)13-23(22)28-24/h2-14H,1H3,(H,26,30)(H,27,28). The summed E-state index contributed by atoms with van der Waals surface area (Å²) in [5.74, 6) is 0.345. The Labute approximate surface area is 182 Å². The number of aromatic nitrogens is 2. The molecule has 7 nitrogen and oxygen atoms in total. The number of carbonyl (C=O) groups excluding carboxylic acids is 1. The minimum Gasteiger partial charge on any atom is -0.338 e. The first-order chi connectivity index (χ1) is 15.5. The van der Waals surface area contributed by atoms with E-state index in [-0.39, 0.29) is 11.3 Å². The van der Waals surface area contributed by atoms with Gasteiger partial charge in [0.1, 0.15) is 5.82 Å². The molecule has 0 saturated carbocycles. The van der Waals surface area contributed by atoms with E-state index >= 15 is 0 Å². The van der Waals surface area contributed by atoms with Crippen molar-refractivity contribution in [2.24, 2.45) is 0 Å². The molecule has 0 aliphatic carbocycles. The number of nitro benzene ring substituents is 1. The van der Waals surface area contributed by atoms with Crippen LogP contribution in [0, 0.1) is 17.0 Å². The Morgan fingerprint density at radius 2 is 1.69 bits per heavy atom. The number of rotatable bonds is 4. The zero-order valence-electron chi connectivity index (χ0n) is 17.1. The van der Waals surface area contributed by atoms with Gasteiger partial charge in [-0.25, -0.2) is 4.98 Å². The predicted octanol–water partition coefficient (Wildman–Crippen LogP) is 5.85. The van der Waals surface area contributed by atoms with Crippen molar-refractivity contribution in [3.05, 3.63) is 100 Å². The largest absolute Gasteiger partial charge is 0.338 e. The van der Waals surface area contributed by atoms with E-state index in [2.05, 4.69) is 34.6 Å². The summed E-state index contributed by atoms with van der Waals surface area (Å²) < 4.78 is 0. The average molecular weight is 422 g/mol. The molecule has 0 bridgehead atoms. The second-order valence-electron chi connectivity index (χ2n) is 7.59. The maximum absolute atomic E-state index is 12.6. The number of imidazole rings is 1. The van der Waals surface area contributed by atoms with Crippen molar-refractivity contribution in [3.8, 4) is 11.4 Å². The van der Waals surface area contributed by atoms with Gasteiger partial charge in [0.05, 0.1) is 16.0 Å². The van der Waals surface area contributed by atoms with Gasteiger partial charge in [0.25, 0.3) is 11.6 Å². The highest BCUT2D eigenvalue weighted by atomic mass is 16.6. The fraction of sp³-hybridized carbons (Fsp3) is 0.0400. The zero-order valence-corrected chi connectivity index (χ0v) is 17.1. The molecule has 7 heteroatoms. The molecule has 0 aliphatic heterocycles. The molecule has 4 aromatic carbocycles. The van der Waals surface area contributed by atoms with Crippen LogP contribution in [0.5, 0.6) is 0 Å². The van der Waals surface area contributed by atoms with Crippen LogP contribution < -0.4 is 5.32 Å². The summed E-state index contributed by atoms with van der Waals surface area (Å²) in [6.45, 7) is 1.74. The van der Waals surface area contributed by atoms with Gasteiger partial charge >= 0.3 is 0 Å². The van der Waals surface area contributed by atoms with Gasteiger partial charge in [-0.05, 0) is 59.7 Å². The highest BCUT2D eigenvalue weighted by Crippen LogP contribution is 2.26. The first-order valence-electron chi connectivity index (χ1n) is 10.0. The lowest BCUT2D eigenvalue weighted by Crippen LogP contribution is -2.13. The quantitative estimate of drug-likeness (QED) is 0.280. The average Bonchev–Trinajstić information content (AvgIpc) is 3.20. The number of anilines is 1. The molecule has 5 rings (SSSR count). The molecule has 2 N–H and O–H groups in total. The zero-order chi connectivity index (χ0) is 22.2. The molecule has 1 heterocycles. The van der Waals surface area contributed by atoms with Crippen LogP contribution in [0.4, 0.5) is 11.4 Å². The van der Waals surface area contributed by atoms with Crippen LogP contribution in [0.2, 0.25) is 0 Å². The monoisotopic (exact) mass is 422 g/mol. The van der Waals surface area contributed by atoms with Gasteiger partial charge in [-0.3, -0.25) is 14.9 Å². The molecule has 0 aliphatic rings. The number of H-pyrrole nitrogens is 1. The van der Waals surface area contributed by atoms with Crippen LogP contribution in [0.15, 0.2) is 78.9 Å². The summed E-state index contributed by atoms with van der Waals surface area (Å²) in [4.78, 5) is 31.2. The van der Waals surface area contributed by atoms with Crippen LogP contribution in [0.3, 0.4) is 0 Å². The third-order valence-corrected chi connectivity index (χ3v) is 5.44. The van der Waals surface area contributed by atoms with Gasteiger partial charge in [0.2, 0.25) is 0 Å². The Bertz CT molecular complexity index is 1450. The highest BCUT2D eigenvalue weighted by Gasteiger charge is 2.15. The molecule has 5 aromatic rings. The summed E-state index contributed by atoms with van der Waals surface area (Å²) in [5, 5.41) is 16.1. The SMILES string of the molecule is Cc1ccc([N+](=O)[O-])cc1C(=O)Nc1ccc(-c2nc3cc4ccccc4cc3[nH]2)cc1. The Morgan fingerprint density at radius 3 is 2.41 bits per heavy atom. The molecule has 0 unspecified atom stereocenters. The lowest BCUT2D eigenvalue weighted by Gasteiger charge is -2.08. The first-order valence-corrected chi connectivity index (χ1v) is 10.0. The lowest BCUT2D eigenvalue weighted by atomic mass is 10.1. The summed E-state index contributed by atoms with van der Waals surface area (Å²) >= 11 is 0. The van der Waals surface area contributed by atoms with Crippen molar-refractivity contribution in [2.45, 2.75) is 6.92 Å². The van der Waals surface area contributed by atoms with Gasteiger partial charge in [-0.1, -0.05) is 30.3 Å². The minimum atomic E-state index is -0.513. The number of fused-ring (bicyclic) bond motifs is 2. The Hall–Kier alpha value is -4.52. The summed E-state index contributed by atoms with van der Waals surface area (Å²) in [6.07, 6.45) is 0. The van der Waals surface area contributed by atoms with E-state index in [4.69, 9.17) is 4.98 Å². The Balaban J connectivity index is 1.39. The smallest absolute Gasteiger partial charge is 0.270 e. The second kappa shape index (κ2) is 7.63. The van der Waals surface area contributed by atoms with E-state index in [9.17, 15) is 14.9 Å². The normalized spacial score (nSPS) is 11.0.